The van der Waals surface area contributed by atoms with E-state index in [9.17, 15) is 9.59 Å². The van der Waals surface area contributed by atoms with Crippen molar-refractivity contribution in [3.63, 3.8) is 0 Å². The van der Waals surface area contributed by atoms with E-state index in [1.807, 2.05) is 31.2 Å². The number of carboxylic acids is 1. The average Bonchev–Trinajstić information content (AvgIpc) is 3.07. The van der Waals surface area contributed by atoms with Crippen LogP contribution in [0.4, 0.5) is 5.69 Å². The van der Waals surface area contributed by atoms with Crippen LogP contribution in [0.1, 0.15) is 27.0 Å². The summed E-state index contributed by atoms with van der Waals surface area (Å²) in [5.41, 5.74) is 3.52. The summed E-state index contributed by atoms with van der Waals surface area (Å²) in [4.78, 5) is 30.1. The summed E-state index contributed by atoms with van der Waals surface area (Å²) in [7, 11) is 1.63. The van der Waals surface area contributed by atoms with Gasteiger partial charge in [-0.25, -0.2) is 9.79 Å². The van der Waals surface area contributed by atoms with Crippen LogP contribution < -0.4 is 4.74 Å². The number of aryl methyl sites for hydroxylation is 1. The molecule has 6 nitrogen and oxygen atoms in total. The molecule has 1 N–H and O–H groups in total. The number of carboxylic acid groups (broad SMARTS) is 1. The monoisotopic (exact) mass is 526 g/mol. The minimum atomic E-state index is -1.01. The maximum atomic E-state index is 12.8. The molecule has 0 spiro atoms. The topological polar surface area (TPSA) is 79.2 Å². The number of hydrogen-bond acceptors (Lipinski definition) is 5. The Kier molecular flexibility index (Phi) is 7.50. The lowest BCUT2D eigenvalue weighted by molar-refractivity contribution is -0.121. The first-order chi connectivity index (χ1) is 16.7. The predicted molar refractivity (Wildman–Crippen MR) is 141 cm³/mol. The maximum Gasteiger partial charge on any atom is 0.335 e. The number of aliphatic imine (C=N–C) groups is 1. The minimum absolute atomic E-state index is 0.165. The van der Waals surface area contributed by atoms with Gasteiger partial charge in [-0.2, -0.15) is 0 Å². The number of halogens is 2. The van der Waals surface area contributed by atoms with Crippen molar-refractivity contribution in [3.05, 3.63) is 97.9 Å². The van der Waals surface area contributed by atoms with Crippen LogP contribution in [0.5, 0.6) is 5.75 Å². The van der Waals surface area contributed by atoms with Crippen molar-refractivity contribution < 1.29 is 19.4 Å². The van der Waals surface area contributed by atoms with E-state index in [2.05, 4.69) is 4.99 Å². The number of rotatable bonds is 6. The normalized spacial score (nSPS) is 15.8. The van der Waals surface area contributed by atoms with E-state index in [0.717, 1.165) is 11.1 Å². The lowest BCUT2D eigenvalue weighted by Gasteiger charge is -2.11. The van der Waals surface area contributed by atoms with E-state index in [0.29, 0.717) is 43.7 Å². The van der Waals surface area contributed by atoms with Crippen molar-refractivity contribution in [1.29, 1.82) is 0 Å². The standard InChI is InChI=1S/C26H20Cl2N2O4S/c1-15-3-5-16(6-4-15)14-34-23-20(27)11-17(12-21(23)28)13-22-24(31)30(2)26(35-22)29-19-9-7-18(8-10-19)25(32)33/h3-13H,14H2,1-2H3,(H,32,33)/b22-13-,29-26?. The first-order valence-electron chi connectivity index (χ1n) is 10.5. The van der Waals surface area contributed by atoms with Crippen LogP contribution >= 0.6 is 35.0 Å². The van der Waals surface area contributed by atoms with E-state index in [4.69, 9.17) is 33.0 Å². The number of carbonyl (C=O) groups excluding carboxylic acids is 1. The number of amidine groups is 1. The number of ether oxygens (including phenoxy) is 1. The molecule has 0 bridgehead atoms. The fraction of sp³-hybridized carbons (Fsp3) is 0.115. The number of benzene rings is 3. The van der Waals surface area contributed by atoms with Gasteiger partial charge >= 0.3 is 5.97 Å². The summed E-state index contributed by atoms with van der Waals surface area (Å²) in [6.07, 6.45) is 1.70. The van der Waals surface area contributed by atoms with Crippen LogP contribution in [0.2, 0.25) is 10.0 Å². The quantitative estimate of drug-likeness (QED) is 0.356. The van der Waals surface area contributed by atoms with Crippen molar-refractivity contribution in [1.82, 2.24) is 4.90 Å². The molecule has 1 amide bonds. The highest BCUT2D eigenvalue weighted by atomic mass is 35.5. The second kappa shape index (κ2) is 10.6. The Morgan fingerprint density at radius 1 is 1.09 bits per heavy atom. The summed E-state index contributed by atoms with van der Waals surface area (Å²) in [6.45, 7) is 2.34. The SMILES string of the molecule is Cc1ccc(COc2c(Cl)cc(/C=C3\SC(=Nc4ccc(C(=O)O)cc4)N(C)C3=O)cc2Cl)cc1. The Morgan fingerprint density at radius 3 is 2.31 bits per heavy atom. The highest BCUT2D eigenvalue weighted by molar-refractivity contribution is 8.18. The van der Waals surface area contributed by atoms with Gasteiger partial charge in [-0.15, -0.1) is 0 Å². The molecular weight excluding hydrogens is 507 g/mol. The van der Waals surface area contributed by atoms with Gasteiger partial charge in [-0.05, 0) is 72.3 Å². The fourth-order valence-electron chi connectivity index (χ4n) is 3.23. The third-order valence-corrected chi connectivity index (χ3v) is 6.79. The molecule has 1 aliphatic heterocycles. The molecule has 1 fully saturated rings. The summed E-state index contributed by atoms with van der Waals surface area (Å²) in [6, 6.07) is 17.5. The van der Waals surface area contributed by atoms with E-state index in [1.165, 1.54) is 28.8 Å². The molecule has 0 atom stereocenters. The summed E-state index contributed by atoms with van der Waals surface area (Å²) < 4.78 is 5.84. The first kappa shape index (κ1) is 24.9. The highest BCUT2D eigenvalue weighted by Gasteiger charge is 2.30. The van der Waals surface area contributed by atoms with Crippen LogP contribution in [0.15, 0.2) is 70.6 Å². The largest absolute Gasteiger partial charge is 0.486 e. The number of aromatic carboxylic acids is 1. The number of carbonyl (C=O) groups is 2. The second-order valence-corrected chi connectivity index (χ2v) is 9.63. The molecule has 9 heteroatoms. The summed E-state index contributed by atoms with van der Waals surface area (Å²) >= 11 is 14.1. The molecule has 1 aliphatic rings. The van der Waals surface area contributed by atoms with Gasteiger partial charge in [-0.1, -0.05) is 53.0 Å². The van der Waals surface area contributed by atoms with Crippen LogP contribution in [0.3, 0.4) is 0 Å². The molecule has 1 saturated heterocycles. The van der Waals surface area contributed by atoms with Crippen LogP contribution in [0, 0.1) is 6.92 Å². The van der Waals surface area contributed by atoms with Gasteiger partial charge in [0.05, 0.1) is 26.2 Å². The zero-order chi connectivity index (χ0) is 25.1. The van der Waals surface area contributed by atoms with Gasteiger partial charge in [0.15, 0.2) is 10.9 Å². The average molecular weight is 527 g/mol. The third kappa shape index (κ3) is 5.88. The highest BCUT2D eigenvalue weighted by Crippen LogP contribution is 2.38. The maximum absolute atomic E-state index is 12.8. The van der Waals surface area contributed by atoms with Gasteiger partial charge in [0.1, 0.15) is 6.61 Å². The van der Waals surface area contributed by atoms with Gasteiger partial charge in [-0.3, -0.25) is 9.69 Å². The third-order valence-electron chi connectivity index (χ3n) is 5.16. The fourth-order valence-corrected chi connectivity index (χ4v) is 4.83. The Labute approximate surface area is 216 Å². The van der Waals surface area contributed by atoms with Gasteiger partial charge in [0, 0.05) is 7.05 Å². The van der Waals surface area contributed by atoms with Gasteiger partial charge < -0.3 is 9.84 Å². The lowest BCUT2D eigenvalue weighted by Crippen LogP contribution is -2.23. The molecule has 0 aliphatic carbocycles. The molecule has 3 aromatic rings. The van der Waals surface area contributed by atoms with Gasteiger partial charge in [0.2, 0.25) is 0 Å². The van der Waals surface area contributed by atoms with Crippen molar-refractivity contribution in [3.8, 4) is 5.75 Å². The number of hydrogen-bond donors (Lipinski definition) is 1. The molecule has 1 heterocycles. The number of likely N-dealkylation sites (N-methyl/N-ethyl adjacent to an activating group) is 1. The second-order valence-electron chi connectivity index (χ2n) is 7.81. The van der Waals surface area contributed by atoms with E-state index in [-0.39, 0.29) is 11.5 Å². The van der Waals surface area contributed by atoms with Crippen LogP contribution in [-0.4, -0.2) is 34.1 Å². The smallest absolute Gasteiger partial charge is 0.335 e. The molecular formula is C26H20Cl2N2O4S. The van der Waals surface area contributed by atoms with Crippen molar-refractivity contribution in [2.75, 3.05) is 7.05 Å². The van der Waals surface area contributed by atoms with Crippen LogP contribution in [-0.2, 0) is 11.4 Å². The Morgan fingerprint density at radius 2 is 1.71 bits per heavy atom. The molecule has 0 saturated carbocycles. The Bertz CT molecular complexity index is 1330. The molecule has 3 aromatic carbocycles. The number of nitrogens with zero attached hydrogens (tertiary/aromatic N) is 2. The van der Waals surface area contributed by atoms with Gasteiger partial charge in [0.25, 0.3) is 5.91 Å². The predicted octanol–water partition coefficient (Wildman–Crippen LogP) is 6.81. The first-order valence-corrected chi connectivity index (χ1v) is 12.1. The lowest BCUT2D eigenvalue weighted by atomic mass is 10.1. The molecule has 0 radical (unpaired) electrons. The van der Waals surface area contributed by atoms with E-state index in [1.54, 1.807) is 37.4 Å². The summed E-state index contributed by atoms with van der Waals surface area (Å²) in [5, 5.41) is 10.2. The Balaban J connectivity index is 1.52. The van der Waals surface area contributed by atoms with Crippen molar-refractivity contribution >= 4 is 63.8 Å². The van der Waals surface area contributed by atoms with E-state index >= 15 is 0 Å². The molecule has 0 unspecified atom stereocenters. The number of thioether (sulfide) groups is 1. The molecule has 35 heavy (non-hydrogen) atoms. The van der Waals surface area contributed by atoms with Crippen molar-refractivity contribution in [2.24, 2.45) is 4.99 Å². The zero-order valence-corrected chi connectivity index (χ0v) is 21.1. The minimum Gasteiger partial charge on any atom is -0.486 e. The van der Waals surface area contributed by atoms with E-state index < -0.39 is 5.97 Å². The molecule has 178 valence electrons. The zero-order valence-electron chi connectivity index (χ0n) is 18.8. The van der Waals surface area contributed by atoms with Crippen molar-refractivity contribution in [2.45, 2.75) is 13.5 Å². The number of amides is 1. The van der Waals surface area contributed by atoms with Crippen LogP contribution in [0.25, 0.3) is 6.08 Å². The molecule has 0 aromatic heterocycles. The molecule has 4 rings (SSSR count). The summed E-state index contributed by atoms with van der Waals surface area (Å²) in [5.74, 6) is -0.852. The Hall–Kier alpha value is -3.26.